The highest BCUT2D eigenvalue weighted by atomic mass is 79.9. The molecule has 2 rings (SSSR count). The molecular weight excluding hydrogens is 409 g/mol. The van der Waals surface area contributed by atoms with Crippen molar-refractivity contribution in [2.24, 2.45) is 0 Å². The van der Waals surface area contributed by atoms with Crippen molar-refractivity contribution in [3.8, 4) is 5.75 Å². The van der Waals surface area contributed by atoms with Gasteiger partial charge >= 0.3 is 6.36 Å². The molecule has 1 aromatic heterocycles. The maximum Gasteiger partial charge on any atom is 0.573 e. The second kappa shape index (κ2) is 8.06. The van der Waals surface area contributed by atoms with Crippen LogP contribution in [0.15, 0.2) is 45.5 Å². The molecule has 1 heterocycles. The molecule has 134 valence electrons. The van der Waals surface area contributed by atoms with Gasteiger partial charge in [-0.05, 0) is 45.8 Å². The van der Waals surface area contributed by atoms with Crippen molar-refractivity contribution in [3.05, 3.63) is 52.4 Å². The number of rotatable bonds is 6. The summed E-state index contributed by atoms with van der Waals surface area (Å²) in [7, 11) is 0. The monoisotopic (exact) mass is 420 g/mol. The first-order valence-corrected chi connectivity index (χ1v) is 7.67. The van der Waals surface area contributed by atoms with Gasteiger partial charge in [0.1, 0.15) is 5.75 Å². The van der Waals surface area contributed by atoms with E-state index in [0.717, 1.165) is 12.1 Å². The fraction of sp³-hybridized carbons (Fsp3) is 0.200. The van der Waals surface area contributed by atoms with Gasteiger partial charge in [-0.2, -0.15) is 0 Å². The van der Waals surface area contributed by atoms with Crippen LogP contribution in [0.5, 0.6) is 5.75 Å². The van der Waals surface area contributed by atoms with Gasteiger partial charge in [-0.15, -0.1) is 13.2 Å². The summed E-state index contributed by atoms with van der Waals surface area (Å²) in [6, 6.07) is 8.06. The molecule has 0 saturated carbocycles. The number of amides is 2. The number of hydrogen-bond acceptors (Lipinski definition) is 4. The Kier molecular flexibility index (Phi) is 6.07. The Bertz CT molecular complexity index is 744. The zero-order valence-electron chi connectivity index (χ0n) is 12.5. The van der Waals surface area contributed by atoms with Crippen LogP contribution in [0.2, 0.25) is 0 Å². The van der Waals surface area contributed by atoms with Crippen LogP contribution in [0.25, 0.3) is 0 Å². The molecule has 0 saturated heterocycles. The Labute approximate surface area is 148 Å². The molecule has 1 aromatic carbocycles. The van der Waals surface area contributed by atoms with Crippen LogP contribution < -0.4 is 15.4 Å². The predicted octanol–water partition coefficient (Wildman–Crippen LogP) is 2.99. The number of ether oxygens (including phenoxy) is 1. The SMILES string of the molecule is O=C(CNC(=O)c1ccc(Br)o1)NCc1ccc(OC(F)(F)F)cc1. The molecule has 25 heavy (non-hydrogen) atoms. The summed E-state index contributed by atoms with van der Waals surface area (Å²) in [6.45, 7) is -0.181. The summed E-state index contributed by atoms with van der Waals surface area (Å²) in [4.78, 5) is 23.3. The normalized spacial score (nSPS) is 11.0. The van der Waals surface area contributed by atoms with Gasteiger partial charge in [0.15, 0.2) is 10.4 Å². The molecule has 0 unspecified atom stereocenters. The third-order valence-corrected chi connectivity index (χ3v) is 3.28. The topological polar surface area (TPSA) is 80.6 Å². The van der Waals surface area contributed by atoms with E-state index in [9.17, 15) is 22.8 Å². The quantitative estimate of drug-likeness (QED) is 0.752. The Morgan fingerprint density at radius 3 is 2.32 bits per heavy atom. The van der Waals surface area contributed by atoms with Gasteiger partial charge in [-0.3, -0.25) is 9.59 Å². The summed E-state index contributed by atoms with van der Waals surface area (Å²) in [5.41, 5.74) is 0.573. The van der Waals surface area contributed by atoms with Crippen LogP contribution >= 0.6 is 15.9 Å². The minimum atomic E-state index is -4.75. The zero-order chi connectivity index (χ0) is 18.4. The number of furan rings is 1. The highest BCUT2D eigenvalue weighted by Crippen LogP contribution is 2.22. The second-order valence-electron chi connectivity index (χ2n) is 4.75. The van der Waals surface area contributed by atoms with Gasteiger partial charge in [0.25, 0.3) is 5.91 Å². The first-order valence-electron chi connectivity index (χ1n) is 6.88. The lowest BCUT2D eigenvalue weighted by Gasteiger charge is -2.10. The van der Waals surface area contributed by atoms with E-state index in [1.165, 1.54) is 18.2 Å². The van der Waals surface area contributed by atoms with Gasteiger partial charge < -0.3 is 19.8 Å². The number of benzene rings is 1. The largest absolute Gasteiger partial charge is 0.573 e. The van der Waals surface area contributed by atoms with Crippen molar-refractivity contribution in [2.45, 2.75) is 12.9 Å². The third kappa shape index (κ3) is 6.49. The van der Waals surface area contributed by atoms with Crippen LogP contribution in [0.1, 0.15) is 16.1 Å². The highest BCUT2D eigenvalue weighted by molar-refractivity contribution is 9.10. The fourth-order valence-electron chi connectivity index (χ4n) is 1.76. The molecule has 0 spiro atoms. The molecule has 2 amide bonds. The molecule has 10 heteroatoms. The molecule has 2 N–H and O–H groups in total. The lowest BCUT2D eigenvalue weighted by Crippen LogP contribution is -2.36. The maximum absolute atomic E-state index is 12.0. The van der Waals surface area contributed by atoms with E-state index in [2.05, 4.69) is 31.3 Å². The lowest BCUT2D eigenvalue weighted by atomic mass is 10.2. The van der Waals surface area contributed by atoms with Crippen molar-refractivity contribution in [3.63, 3.8) is 0 Å². The van der Waals surface area contributed by atoms with Crippen molar-refractivity contribution < 1.29 is 31.9 Å². The van der Waals surface area contributed by atoms with Crippen LogP contribution in [0, 0.1) is 0 Å². The van der Waals surface area contributed by atoms with E-state index in [0.29, 0.717) is 10.2 Å². The first kappa shape index (κ1) is 18.8. The van der Waals surface area contributed by atoms with Crippen molar-refractivity contribution in [2.75, 3.05) is 6.54 Å². The van der Waals surface area contributed by atoms with Crippen LogP contribution in [0.4, 0.5) is 13.2 Å². The summed E-state index contributed by atoms with van der Waals surface area (Å²) in [5.74, 6) is -1.30. The molecule has 0 aliphatic heterocycles. The van der Waals surface area contributed by atoms with Gasteiger partial charge in [0.2, 0.25) is 5.91 Å². The standard InChI is InChI=1S/C15H12BrF3N2O4/c16-12-6-5-11(24-12)14(23)21-8-13(22)20-7-9-1-3-10(4-2-9)25-15(17,18)19/h1-6H,7-8H2,(H,20,22)(H,21,23). The number of carbonyl (C=O) groups excluding carboxylic acids is 2. The van der Waals surface area contributed by atoms with Crippen LogP contribution in [-0.4, -0.2) is 24.7 Å². The number of alkyl halides is 3. The first-order chi connectivity index (χ1) is 11.7. The van der Waals surface area contributed by atoms with E-state index in [4.69, 9.17) is 4.42 Å². The molecule has 0 atom stereocenters. The Morgan fingerprint density at radius 2 is 1.76 bits per heavy atom. The maximum atomic E-state index is 12.0. The van der Waals surface area contributed by atoms with Crippen molar-refractivity contribution in [1.82, 2.24) is 10.6 Å². The minimum absolute atomic E-state index is 0.0555. The Hall–Kier alpha value is -2.49. The number of carbonyl (C=O) groups is 2. The lowest BCUT2D eigenvalue weighted by molar-refractivity contribution is -0.274. The summed E-state index contributed by atoms with van der Waals surface area (Å²) < 4.78 is 45.3. The minimum Gasteiger partial charge on any atom is -0.444 e. The van der Waals surface area contributed by atoms with Crippen molar-refractivity contribution >= 4 is 27.7 Å². The van der Waals surface area contributed by atoms with Gasteiger partial charge in [0, 0.05) is 6.54 Å². The summed E-state index contributed by atoms with van der Waals surface area (Å²) in [6.07, 6.45) is -4.75. The number of nitrogens with one attached hydrogen (secondary N) is 2. The summed E-state index contributed by atoms with van der Waals surface area (Å²) >= 11 is 3.05. The van der Waals surface area contributed by atoms with E-state index in [1.54, 1.807) is 6.07 Å². The number of hydrogen-bond donors (Lipinski definition) is 2. The molecule has 0 aliphatic rings. The average molecular weight is 421 g/mol. The van der Waals surface area contributed by atoms with Gasteiger partial charge in [0.05, 0.1) is 6.54 Å². The van der Waals surface area contributed by atoms with Gasteiger partial charge in [-0.1, -0.05) is 12.1 Å². The molecule has 0 bridgehead atoms. The Morgan fingerprint density at radius 1 is 1.08 bits per heavy atom. The molecule has 6 nitrogen and oxygen atoms in total. The molecular formula is C15H12BrF3N2O4. The Balaban J connectivity index is 1.75. The molecule has 2 aromatic rings. The van der Waals surface area contributed by atoms with Gasteiger partial charge in [-0.25, -0.2) is 0 Å². The summed E-state index contributed by atoms with van der Waals surface area (Å²) in [5, 5.41) is 4.89. The van der Waals surface area contributed by atoms with E-state index in [1.807, 2.05) is 0 Å². The van der Waals surface area contributed by atoms with Crippen LogP contribution in [0.3, 0.4) is 0 Å². The highest BCUT2D eigenvalue weighted by Gasteiger charge is 2.30. The van der Waals surface area contributed by atoms with Crippen molar-refractivity contribution in [1.29, 1.82) is 0 Å². The molecule has 0 radical (unpaired) electrons. The second-order valence-corrected chi connectivity index (χ2v) is 5.54. The van der Waals surface area contributed by atoms with E-state index < -0.39 is 18.2 Å². The van der Waals surface area contributed by atoms with Crippen LogP contribution in [-0.2, 0) is 11.3 Å². The van der Waals surface area contributed by atoms with E-state index in [-0.39, 0.29) is 24.6 Å². The zero-order valence-corrected chi connectivity index (χ0v) is 14.1. The fourth-order valence-corrected chi connectivity index (χ4v) is 2.06. The predicted molar refractivity (Wildman–Crippen MR) is 83.7 cm³/mol. The molecule has 0 aliphatic carbocycles. The number of halogens is 4. The third-order valence-electron chi connectivity index (χ3n) is 2.85. The van der Waals surface area contributed by atoms with E-state index >= 15 is 0 Å². The average Bonchev–Trinajstić information content (AvgIpc) is 2.97. The smallest absolute Gasteiger partial charge is 0.444 e. The molecule has 0 fully saturated rings.